The van der Waals surface area contributed by atoms with Crippen molar-refractivity contribution >= 4 is 44.2 Å². The number of H-pyrrole nitrogens is 1. The Bertz CT molecular complexity index is 1110. The highest BCUT2D eigenvalue weighted by Crippen LogP contribution is 2.27. The summed E-state index contributed by atoms with van der Waals surface area (Å²) >= 11 is 6.05. The maximum atomic E-state index is 12.8. The molecular formula is C18H18ClN3O4S. The molecule has 1 heterocycles. The van der Waals surface area contributed by atoms with Crippen LogP contribution in [0.15, 0.2) is 47.4 Å². The smallest absolute Gasteiger partial charge is 0.354 e. The Kier molecular flexibility index (Phi) is 5.41. The van der Waals surface area contributed by atoms with E-state index in [1.54, 1.807) is 43.3 Å². The number of hydrogen-bond acceptors (Lipinski definition) is 5. The Morgan fingerprint density at radius 3 is 2.74 bits per heavy atom. The fraction of sp³-hybridized carbons (Fsp3) is 0.167. The summed E-state index contributed by atoms with van der Waals surface area (Å²) in [5, 5.41) is 0.962. The van der Waals surface area contributed by atoms with Crippen molar-refractivity contribution in [3.63, 3.8) is 0 Å². The Morgan fingerprint density at radius 2 is 2.04 bits per heavy atom. The largest absolute Gasteiger partial charge is 0.461 e. The molecule has 0 fully saturated rings. The molecule has 0 spiro atoms. The van der Waals surface area contributed by atoms with Gasteiger partial charge in [-0.05, 0) is 43.3 Å². The second-order valence-electron chi connectivity index (χ2n) is 5.73. The summed E-state index contributed by atoms with van der Waals surface area (Å²) in [5.41, 5.74) is 7.33. The third-order valence-electron chi connectivity index (χ3n) is 3.94. The van der Waals surface area contributed by atoms with Crippen LogP contribution in [0.5, 0.6) is 0 Å². The van der Waals surface area contributed by atoms with E-state index in [-0.39, 0.29) is 18.0 Å². The van der Waals surface area contributed by atoms with Crippen molar-refractivity contribution in [2.75, 3.05) is 11.3 Å². The van der Waals surface area contributed by atoms with Crippen LogP contribution >= 0.6 is 11.6 Å². The highest BCUT2D eigenvalue weighted by atomic mass is 35.5. The first-order chi connectivity index (χ1) is 12.9. The fourth-order valence-corrected chi connectivity index (χ4v) is 4.34. The topological polar surface area (TPSA) is 114 Å². The molecule has 2 aromatic carbocycles. The lowest BCUT2D eigenvalue weighted by atomic mass is 10.2. The zero-order valence-corrected chi connectivity index (χ0v) is 16.0. The van der Waals surface area contributed by atoms with Gasteiger partial charge in [-0.2, -0.15) is 0 Å². The molecule has 142 valence electrons. The van der Waals surface area contributed by atoms with Crippen LogP contribution in [0.1, 0.15) is 23.0 Å². The number of nitrogens with one attached hydrogen (secondary N) is 2. The maximum absolute atomic E-state index is 12.8. The average molecular weight is 408 g/mol. The third kappa shape index (κ3) is 3.92. The molecule has 3 rings (SSSR count). The van der Waals surface area contributed by atoms with Gasteiger partial charge in [0.1, 0.15) is 5.69 Å². The summed E-state index contributed by atoms with van der Waals surface area (Å²) in [7, 11) is -3.88. The predicted octanol–water partition coefficient (Wildman–Crippen LogP) is 3.26. The predicted molar refractivity (Wildman–Crippen MR) is 104 cm³/mol. The molecule has 7 nitrogen and oxygen atoms in total. The number of esters is 1. The minimum Gasteiger partial charge on any atom is -0.461 e. The van der Waals surface area contributed by atoms with Crippen LogP contribution in [0.2, 0.25) is 5.02 Å². The van der Waals surface area contributed by atoms with E-state index >= 15 is 0 Å². The molecular weight excluding hydrogens is 390 g/mol. The van der Waals surface area contributed by atoms with Crippen molar-refractivity contribution in [2.45, 2.75) is 18.4 Å². The number of anilines is 1. The Labute approximate surface area is 161 Å². The zero-order valence-electron chi connectivity index (χ0n) is 14.5. The third-order valence-corrected chi connectivity index (χ3v) is 5.76. The van der Waals surface area contributed by atoms with Gasteiger partial charge in [-0.3, -0.25) is 4.72 Å². The number of aromatic nitrogens is 1. The van der Waals surface area contributed by atoms with Crippen LogP contribution < -0.4 is 10.5 Å². The van der Waals surface area contributed by atoms with Crippen molar-refractivity contribution in [1.29, 1.82) is 0 Å². The van der Waals surface area contributed by atoms with Gasteiger partial charge in [0.25, 0.3) is 10.0 Å². The number of hydrogen-bond donors (Lipinski definition) is 3. The first-order valence-electron chi connectivity index (χ1n) is 8.16. The number of ether oxygens (including phenoxy) is 1. The van der Waals surface area contributed by atoms with Crippen molar-refractivity contribution in [2.24, 2.45) is 5.73 Å². The van der Waals surface area contributed by atoms with Crippen molar-refractivity contribution in [3.05, 3.63) is 58.7 Å². The van der Waals surface area contributed by atoms with Gasteiger partial charge in [-0.25, -0.2) is 13.2 Å². The van der Waals surface area contributed by atoms with E-state index in [9.17, 15) is 13.2 Å². The van der Waals surface area contributed by atoms with Gasteiger partial charge in [0, 0.05) is 33.7 Å². The Balaban J connectivity index is 1.94. The molecule has 9 heteroatoms. The molecule has 0 aliphatic heterocycles. The number of fused-ring (bicyclic) bond motifs is 1. The summed E-state index contributed by atoms with van der Waals surface area (Å²) in [4.78, 5) is 14.8. The van der Waals surface area contributed by atoms with Gasteiger partial charge in [0.2, 0.25) is 0 Å². The Morgan fingerprint density at radius 1 is 1.26 bits per heavy atom. The number of rotatable bonds is 6. The van der Waals surface area contributed by atoms with E-state index in [2.05, 4.69) is 9.71 Å². The molecule has 27 heavy (non-hydrogen) atoms. The van der Waals surface area contributed by atoms with Gasteiger partial charge >= 0.3 is 5.97 Å². The molecule has 0 saturated carbocycles. The van der Waals surface area contributed by atoms with Crippen LogP contribution in [0.3, 0.4) is 0 Å². The first-order valence-corrected chi connectivity index (χ1v) is 10.0. The molecule has 0 unspecified atom stereocenters. The van der Waals surface area contributed by atoms with E-state index in [1.165, 1.54) is 6.07 Å². The SMILES string of the molecule is CCOC(=O)c1cc2cc(NS(=O)(=O)c3cccc(Cl)c3CN)ccc2[nH]1. The van der Waals surface area contributed by atoms with Crippen LogP contribution in [0.25, 0.3) is 10.9 Å². The lowest BCUT2D eigenvalue weighted by molar-refractivity contribution is 0.0520. The van der Waals surface area contributed by atoms with Crippen LogP contribution in [0.4, 0.5) is 5.69 Å². The van der Waals surface area contributed by atoms with Gasteiger partial charge < -0.3 is 15.5 Å². The lowest BCUT2D eigenvalue weighted by Gasteiger charge is -2.12. The van der Waals surface area contributed by atoms with Crippen molar-refractivity contribution in [3.8, 4) is 0 Å². The maximum Gasteiger partial charge on any atom is 0.354 e. The van der Waals surface area contributed by atoms with E-state index in [0.29, 0.717) is 32.9 Å². The number of nitrogens with two attached hydrogens (primary N) is 1. The highest BCUT2D eigenvalue weighted by Gasteiger charge is 2.20. The number of benzene rings is 2. The number of carbonyl (C=O) groups is 1. The molecule has 0 aliphatic carbocycles. The molecule has 4 N–H and O–H groups in total. The van der Waals surface area contributed by atoms with Gasteiger partial charge in [0.05, 0.1) is 11.5 Å². The first kappa shape index (κ1) is 19.2. The van der Waals surface area contributed by atoms with E-state index < -0.39 is 16.0 Å². The number of sulfonamides is 1. The standard InChI is InChI=1S/C18H18ClN3O4S/c1-2-26-18(23)16-9-11-8-12(6-7-15(11)21-16)22-27(24,25)17-5-3-4-14(19)13(17)10-20/h3-9,21-22H,2,10,20H2,1H3. The summed E-state index contributed by atoms with van der Waals surface area (Å²) in [6.07, 6.45) is 0. The molecule has 1 aromatic heterocycles. The van der Waals surface area contributed by atoms with E-state index in [1.807, 2.05) is 0 Å². The summed E-state index contributed by atoms with van der Waals surface area (Å²) < 4.78 is 33.0. The molecule has 0 saturated heterocycles. The molecule has 0 bridgehead atoms. The molecule has 0 amide bonds. The van der Waals surface area contributed by atoms with Crippen LogP contribution in [-0.2, 0) is 21.3 Å². The number of carbonyl (C=O) groups excluding carboxylic acids is 1. The Hall–Kier alpha value is -2.55. The second-order valence-corrected chi connectivity index (χ2v) is 7.79. The quantitative estimate of drug-likeness (QED) is 0.542. The van der Waals surface area contributed by atoms with Crippen molar-refractivity contribution in [1.82, 2.24) is 4.98 Å². The second kappa shape index (κ2) is 7.59. The normalized spacial score (nSPS) is 11.5. The van der Waals surface area contributed by atoms with Gasteiger partial charge in [0.15, 0.2) is 0 Å². The number of halogens is 1. The minimum atomic E-state index is -3.88. The van der Waals surface area contributed by atoms with Crippen molar-refractivity contribution < 1.29 is 17.9 Å². The number of aromatic amines is 1. The summed E-state index contributed by atoms with van der Waals surface area (Å²) in [6.45, 7) is 1.98. The molecule has 0 atom stereocenters. The molecule has 3 aromatic rings. The van der Waals surface area contributed by atoms with Crippen LogP contribution in [-0.4, -0.2) is 26.0 Å². The monoisotopic (exact) mass is 407 g/mol. The molecule has 0 aliphatic rings. The van der Waals surface area contributed by atoms with E-state index in [0.717, 1.165) is 0 Å². The van der Waals surface area contributed by atoms with Crippen LogP contribution in [0, 0.1) is 0 Å². The summed E-state index contributed by atoms with van der Waals surface area (Å²) in [6, 6.07) is 11.1. The average Bonchev–Trinajstić information content (AvgIpc) is 3.05. The minimum absolute atomic E-state index is 0.00430. The fourth-order valence-electron chi connectivity index (χ4n) is 2.71. The summed E-state index contributed by atoms with van der Waals surface area (Å²) in [5.74, 6) is -0.470. The van der Waals surface area contributed by atoms with E-state index in [4.69, 9.17) is 22.1 Å². The highest BCUT2D eigenvalue weighted by molar-refractivity contribution is 7.92. The van der Waals surface area contributed by atoms with Gasteiger partial charge in [-0.1, -0.05) is 17.7 Å². The van der Waals surface area contributed by atoms with Gasteiger partial charge in [-0.15, -0.1) is 0 Å². The molecule has 0 radical (unpaired) electrons. The lowest BCUT2D eigenvalue weighted by Crippen LogP contribution is -2.16. The zero-order chi connectivity index (χ0) is 19.6.